The molecule has 0 saturated heterocycles. The molecule has 0 aliphatic heterocycles. The molecule has 1 aromatic carbocycles. The van der Waals surface area contributed by atoms with Crippen LogP contribution in [0, 0.1) is 10.1 Å². The van der Waals surface area contributed by atoms with Crippen LogP contribution in [-0.2, 0) is 15.6 Å². The SMILES string of the molecule is O=C(O)CCCCCCCS(=O)c1ccc([N+](=O)[O-])c2nonc12. The standard InChI is InChI=1S/C14H17N3O6S/c18-12(19)6-4-2-1-3-5-9-24(22)11-8-7-10(17(20)21)13-14(11)16-23-15-13/h7-8H,1-6,9H2,(H,18,19). The summed E-state index contributed by atoms with van der Waals surface area (Å²) in [6.07, 6.45) is 4.08. The minimum atomic E-state index is -1.35. The zero-order valence-electron chi connectivity index (χ0n) is 12.8. The molecule has 1 unspecified atom stereocenters. The number of benzene rings is 1. The lowest BCUT2D eigenvalue weighted by atomic mass is 10.1. The lowest BCUT2D eigenvalue weighted by Crippen LogP contribution is -2.01. The summed E-state index contributed by atoms with van der Waals surface area (Å²) >= 11 is 0. The van der Waals surface area contributed by atoms with Crippen molar-refractivity contribution < 1.29 is 23.7 Å². The molecule has 2 aromatic rings. The van der Waals surface area contributed by atoms with E-state index in [9.17, 15) is 19.1 Å². The first-order chi connectivity index (χ1) is 11.5. The molecule has 0 bridgehead atoms. The lowest BCUT2D eigenvalue weighted by Gasteiger charge is -2.03. The van der Waals surface area contributed by atoms with Crippen molar-refractivity contribution in [2.24, 2.45) is 0 Å². The number of aromatic nitrogens is 2. The molecule has 1 atom stereocenters. The summed E-state index contributed by atoms with van der Waals surface area (Å²) in [5.41, 5.74) is -0.0751. The fourth-order valence-electron chi connectivity index (χ4n) is 2.31. The first-order valence-electron chi connectivity index (χ1n) is 7.50. The number of nitro groups is 1. The van der Waals surface area contributed by atoms with Crippen LogP contribution < -0.4 is 0 Å². The molecule has 1 N–H and O–H groups in total. The van der Waals surface area contributed by atoms with Gasteiger partial charge in [-0.15, -0.1) is 0 Å². The van der Waals surface area contributed by atoms with E-state index in [0.29, 0.717) is 23.5 Å². The Labute approximate surface area is 139 Å². The molecule has 0 amide bonds. The molecule has 1 aromatic heterocycles. The van der Waals surface area contributed by atoms with E-state index >= 15 is 0 Å². The Bertz CT molecular complexity index is 760. The van der Waals surface area contributed by atoms with Crippen LogP contribution in [0.1, 0.15) is 38.5 Å². The molecule has 0 saturated carbocycles. The smallest absolute Gasteiger partial charge is 0.303 e. The van der Waals surface area contributed by atoms with Crippen LogP contribution in [-0.4, -0.2) is 36.3 Å². The van der Waals surface area contributed by atoms with Crippen LogP contribution in [0.2, 0.25) is 0 Å². The van der Waals surface area contributed by atoms with Gasteiger partial charge in [0.25, 0.3) is 0 Å². The normalized spacial score (nSPS) is 12.3. The Morgan fingerprint density at radius 2 is 1.83 bits per heavy atom. The van der Waals surface area contributed by atoms with Crippen molar-refractivity contribution in [3.63, 3.8) is 0 Å². The summed E-state index contributed by atoms with van der Waals surface area (Å²) in [6.45, 7) is 0. The van der Waals surface area contributed by atoms with Crippen LogP contribution in [0.25, 0.3) is 11.0 Å². The summed E-state index contributed by atoms with van der Waals surface area (Å²) in [5, 5.41) is 26.6. The summed E-state index contributed by atoms with van der Waals surface area (Å²) in [4.78, 5) is 21.1. The molecular formula is C14H17N3O6S. The van der Waals surface area contributed by atoms with Crippen LogP contribution in [0.4, 0.5) is 5.69 Å². The quantitative estimate of drug-likeness (QED) is 0.390. The Morgan fingerprint density at radius 1 is 1.17 bits per heavy atom. The Morgan fingerprint density at radius 3 is 2.54 bits per heavy atom. The van der Waals surface area contributed by atoms with E-state index in [4.69, 9.17) is 5.11 Å². The maximum absolute atomic E-state index is 12.4. The molecule has 9 nitrogen and oxygen atoms in total. The van der Waals surface area contributed by atoms with E-state index in [2.05, 4.69) is 14.9 Å². The summed E-state index contributed by atoms with van der Waals surface area (Å²) in [6, 6.07) is 2.68. The highest BCUT2D eigenvalue weighted by Gasteiger charge is 2.21. The monoisotopic (exact) mass is 355 g/mol. The average Bonchev–Trinajstić information content (AvgIpc) is 3.01. The van der Waals surface area contributed by atoms with E-state index in [1.54, 1.807) is 0 Å². The van der Waals surface area contributed by atoms with E-state index in [-0.39, 0.29) is 23.1 Å². The number of fused-ring (bicyclic) bond motifs is 1. The topological polar surface area (TPSA) is 136 Å². The molecule has 0 radical (unpaired) electrons. The fourth-order valence-corrected chi connectivity index (χ4v) is 3.57. The molecule has 24 heavy (non-hydrogen) atoms. The van der Waals surface area contributed by atoms with Gasteiger partial charge in [0.05, 0.1) is 20.6 Å². The molecule has 0 aliphatic carbocycles. The van der Waals surface area contributed by atoms with Gasteiger partial charge in [-0.1, -0.05) is 19.3 Å². The van der Waals surface area contributed by atoms with Crippen molar-refractivity contribution in [2.45, 2.75) is 43.4 Å². The second kappa shape index (κ2) is 8.48. The van der Waals surface area contributed by atoms with Crippen molar-refractivity contribution in [1.82, 2.24) is 10.3 Å². The number of hydrogen-bond donors (Lipinski definition) is 1. The van der Waals surface area contributed by atoms with Gasteiger partial charge in [0.1, 0.15) is 0 Å². The van der Waals surface area contributed by atoms with Gasteiger partial charge >= 0.3 is 11.7 Å². The zero-order valence-corrected chi connectivity index (χ0v) is 13.7. The van der Waals surface area contributed by atoms with Crippen molar-refractivity contribution in [3.8, 4) is 0 Å². The third-order valence-electron chi connectivity index (χ3n) is 3.52. The van der Waals surface area contributed by atoms with Crippen LogP contribution in [0.15, 0.2) is 21.7 Å². The summed E-state index contributed by atoms with van der Waals surface area (Å²) in [5.74, 6) is -0.391. The molecule has 2 rings (SSSR count). The molecule has 0 spiro atoms. The van der Waals surface area contributed by atoms with Gasteiger partial charge in [0, 0.05) is 18.2 Å². The number of nitro benzene ring substituents is 1. The molecule has 1 heterocycles. The van der Waals surface area contributed by atoms with Gasteiger partial charge < -0.3 is 5.11 Å². The maximum atomic E-state index is 12.4. The van der Waals surface area contributed by atoms with Gasteiger partial charge in [-0.05, 0) is 29.2 Å². The number of nitrogens with zero attached hydrogens (tertiary/aromatic N) is 3. The van der Waals surface area contributed by atoms with Gasteiger partial charge in [-0.3, -0.25) is 19.1 Å². The van der Waals surface area contributed by atoms with E-state index < -0.39 is 21.7 Å². The number of carboxylic acid groups (broad SMARTS) is 1. The van der Waals surface area contributed by atoms with Crippen molar-refractivity contribution >= 4 is 33.5 Å². The van der Waals surface area contributed by atoms with Gasteiger partial charge in [-0.25, -0.2) is 4.63 Å². The second-order valence-corrected chi connectivity index (χ2v) is 6.80. The van der Waals surface area contributed by atoms with Gasteiger partial charge in [0.15, 0.2) is 5.52 Å². The van der Waals surface area contributed by atoms with E-state index in [1.165, 1.54) is 12.1 Å². The molecule has 0 fully saturated rings. The van der Waals surface area contributed by atoms with Gasteiger partial charge in [-0.2, -0.15) is 0 Å². The number of hydrogen-bond acceptors (Lipinski definition) is 7. The highest BCUT2D eigenvalue weighted by Crippen LogP contribution is 2.27. The Kier molecular flexibility index (Phi) is 6.36. The first-order valence-corrected chi connectivity index (χ1v) is 8.82. The largest absolute Gasteiger partial charge is 0.481 e. The first kappa shape index (κ1) is 18.0. The maximum Gasteiger partial charge on any atom is 0.303 e. The number of aliphatic carboxylic acids is 1. The van der Waals surface area contributed by atoms with Gasteiger partial charge in [0.2, 0.25) is 5.52 Å². The number of non-ortho nitro benzene ring substituents is 1. The average molecular weight is 355 g/mol. The number of carboxylic acids is 1. The highest BCUT2D eigenvalue weighted by atomic mass is 32.2. The minimum Gasteiger partial charge on any atom is -0.481 e. The lowest BCUT2D eigenvalue weighted by molar-refractivity contribution is -0.383. The third-order valence-corrected chi connectivity index (χ3v) is 5.00. The fraction of sp³-hybridized carbons (Fsp3) is 0.500. The summed E-state index contributed by atoms with van der Waals surface area (Å²) in [7, 11) is -1.35. The third kappa shape index (κ3) is 4.57. The predicted molar refractivity (Wildman–Crippen MR) is 85.1 cm³/mol. The minimum absolute atomic E-state index is 0.000444. The second-order valence-electron chi connectivity index (χ2n) is 5.26. The summed E-state index contributed by atoms with van der Waals surface area (Å²) < 4.78 is 16.9. The predicted octanol–water partition coefficient (Wildman–Crippen LogP) is 2.66. The van der Waals surface area contributed by atoms with Crippen LogP contribution in [0.5, 0.6) is 0 Å². The van der Waals surface area contributed by atoms with Crippen molar-refractivity contribution in [2.75, 3.05) is 5.75 Å². The molecule has 10 heteroatoms. The zero-order chi connectivity index (χ0) is 17.5. The van der Waals surface area contributed by atoms with E-state index in [1.807, 2.05) is 0 Å². The molecule has 0 aliphatic rings. The van der Waals surface area contributed by atoms with Crippen molar-refractivity contribution in [1.29, 1.82) is 0 Å². The molecule has 130 valence electrons. The van der Waals surface area contributed by atoms with Crippen molar-refractivity contribution in [3.05, 3.63) is 22.2 Å². The van der Waals surface area contributed by atoms with Crippen LogP contribution >= 0.6 is 0 Å². The number of rotatable bonds is 10. The number of carbonyl (C=O) groups is 1. The van der Waals surface area contributed by atoms with E-state index in [0.717, 1.165) is 19.3 Å². The molecular weight excluding hydrogens is 338 g/mol. The Balaban J connectivity index is 1.88. The number of unbranched alkanes of at least 4 members (excludes halogenated alkanes) is 4. The van der Waals surface area contributed by atoms with Crippen LogP contribution in [0.3, 0.4) is 0 Å². The Hall–Kier alpha value is -2.36. The highest BCUT2D eigenvalue weighted by molar-refractivity contribution is 7.85.